The lowest BCUT2D eigenvalue weighted by Crippen LogP contribution is -2.49. The first-order chi connectivity index (χ1) is 14.4. The van der Waals surface area contributed by atoms with E-state index in [1.165, 1.54) is 0 Å². The van der Waals surface area contributed by atoms with Crippen LogP contribution in [-0.2, 0) is 9.59 Å². The second-order valence-electron chi connectivity index (χ2n) is 7.21. The molecule has 0 aliphatic carbocycles. The first kappa shape index (κ1) is 24.6. The zero-order valence-corrected chi connectivity index (χ0v) is 18.9. The molecule has 0 aromatic heterocycles. The molecule has 0 spiro atoms. The number of carbonyl (C=O) groups is 2. The number of rotatable bonds is 12. The molecule has 1 saturated heterocycles. The fourth-order valence-electron chi connectivity index (χ4n) is 3.31. The molecule has 1 heterocycles. The van der Waals surface area contributed by atoms with Crippen molar-refractivity contribution >= 4 is 36.3 Å². The van der Waals surface area contributed by atoms with Crippen LogP contribution in [0.3, 0.4) is 0 Å². The quantitative estimate of drug-likeness (QED) is 0.282. The molecule has 0 unspecified atom stereocenters. The standard InChI is InChI=1S/C21H31N3O4S2/c1-30-11-9-18(21(26)27)23-20(25)19-12-17(28-16-7-3-2-4-8-16)13-24(19)10-5-6-15(22)14-29/h2-8,15,17-19,29H,9-14,22H2,1H3,(H,23,25)(H,26,27)/b6-5+/t15-,17+,18-,19-/m1/s1. The number of nitrogens with zero attached hydrogens (tertiary/aromatic N) is 1. The summed E-state index contributed by atoms with van der Waals surface area (Å²) in [4.78, 5) is 26.5. The Bertz CT molecular complexity index is 705. The van der Waals surface area contributed by atoms with E-state index in [1.54, 1.807) is 11.8 Å². The summed E-state index contributed by atoms with van der Waals surface area (Å²) in [6.07, 6.45) is 6.41. The van der Waals surface area contributed by atoms with E-state index >= 15 is 0 Å². The van der Waals surface area contributed by atoms with E-state index in [9.17, 15) is 14.7 Å². The number of aliphatic carboxylic acids is 1. The molecular formula is C21H31N3O4S2. The van der Waals surface area contributed by atoms with Crippen LogP contribution in [0.1, 0.15) is 12.8 Å². The van der Waals surface area contributed by atoms with Crippen LogP contribution >= 0.6 is 24.4 Å². The van der Waals surface area contributed by atoms with Gasteiger partial charge in [-0.1, -0.05) is 30.4 Å². The molecule has 1 aromatic rings. The van der Waals surface area contributed by atoms with Crippen LogP contribution in [0.25, 0.3) is 0 Å². The van der Waals surface area contributed by atoms with E-state index in [0.29, 0.717) is 37.4 Å². The third kappa shape index (κ3) is 7.86. The second kappa shape index (κ2) is 12.9. The van der Waals surface area contributed by atoms with Gasteiger partial charge in [0.25, 0.3) is 0 Å². The van der Waals surface area contributed by atoms with E-state index in [4.69, 9.17) is 10.5 Å². The highest BCUT2D eigenvalue weighted by molar-refractivity contribution is 7.98. The summed E-state index contributed by atoms with van der Waals surface area (Å²) in [5, 5.41) is 12.1. The van der Waals surface area contributed by atoms with Gasteiger partial charge in [-0.3, -0.25) is 9.69 Å². The molecule has 0 saturated carbocycles. The molecule has 7 nitrogen and oxygen atoms in total. The number of amides is 1. The van der Waals surface area contributed by atoms with Crippen LogP contribution in [0.4, 0.5) is 0 Å². The van der Waals surface area contributed by atoms with Gasteiger partial charge in [0, 0.05) is 31.3 Å². The molecular weight excluding hydrogens is 422 g/mol. The molecule has 1 aliphatic rings. The SMILES string of the molecule is CSCC[C@@H](NC(=O)[C@H]1C[C@H](Oc2ccccc2)CN1C/C=C/[C@@H](N)CS)C(=O)O. The Hall–Kier alpha value is -1.68. The number of carboxylic acids is 1. The lowest BCUT2D eigenvalue weighted by atomic mass is 10.1. The normalized spacial score (nSPS) is 21.4. The van der Waals surface area contributed by atoms with Crippen LogP contribution in [0.5, 0.6) is 5.75 Å². The average Bonchev–Trinajstić information content (AvgIpc) is 3.13. The Morgan fingerprint density at radius 1 is 1.43 bits per heavy atom. The molecule has 0 radical (unpaired) electrons. The van der Waals surface area contributed by atoms with Crippen LogP contribution < -0.4 is 15.8 Å². The number of hydrogen-bond acceptors (Lipinski definition) is 7. The van der Waals surface area contributed by atoms with Gasteiger partial charge in [-0.2, -0.15) is 24.4 Å². The number of nitrogens with one attached hydrogen (secondary N) is 1. The Labute approximate surface area is 187 Å². The van der Waals surface area contributed by atoms with Crippen molar-refractivity contribution in [2.75, 3.05) is 30.9 Å². The lowest BCUT2D eigenvalue weighted by Gasteiger charge is -2.24. The van der Waals surface area contributed by atoms with Gasteiger partial charge in [-0.05, 0) is 30.6 Å². The number of hydrogen-bond donors (Lipinski definition) is 4. The zero-order valence-electron chi connectivity index (χ0n) is 17.1. The molecule has 4 N–H and O–H groups in total. The molecule has 2 rings (SSSR count). The van der Waals surface area contributed by atoms with Gasteiger partial charge < -0.3 is 20.9 Å². The van der Waals surface area contributed by atoms with Crippen molar-refractivity contribution in [3.05, 3.63) is 42.5 Å². The zero-order chi connectivity index (χ0) is 21.9. The van der Waals surface area contributed by atoms with Gasteiger partial charge in [0.05, 0.1) is 6.04 Å². The summed E-state index contributed by atoms with van der Waals surface area (Å²) in [6, 6.07) is 7.97. The van der Waals surface area contributed by atoms with Gasteiger partial charge in [0.1, 0.15) is 17.9 Å². The van der Waals surface area contributed by atoms with Crippen molar-refractivity contribution in [1.82, 2.24) is 10.2 Å². The summed E-state index contributed by atoms with van der Waals surface area (Å²) >= 11 is 5.72. The van der Waals surface area contributed by atoms with Crippen LogP contribution in [0, 0.1) is 0 Å². The molecule has 1 aromatic carbocycles. The van der Waals surface area contributed by atoms with Crippen molar-refractivity contribution in [2.24, 2.45) is 5.73 Å². The van der Waals surface area contributed by atoms with Crippen molar-refractivity contribution in [3.63, 3.8) is 0 Å². The molecule has 1 fully saturated rings. The highest BCUT2D eigenvalue weighted by Gasteiger charge is 2.38. The van der Waals surface area contributed by atoms with Crippen molar-refractivity contribution < 1.29 is 19.4 Å². The van der Waals surface area contributed by atoms with Crippen LogP contribution in [0.2, 0.25) is 0 Å². The van der Waals surface area contributed by atoms with E-state index in [2.05, 4.69) is 17.9 Å². The summed E-state index contributed by atoms with van der Waals surface area (Å²) in [5.41, 5.74) is 5.87. The number of likely N-dealkylation sites (tertiary alicyclic amines) is 1. The third-order valence-electron chi connectivity index (χ3n) is 4.87. The molecule has 0 bridgehead atoms. The predicted octanol–water partition coefficient (Wildman–Crippen LogP) is 1.64. The number of benzene rings is 1. The molecule has 1 amide bonds. The third-order valence-corrected chi connectivity index (χ3v) is 5.94. The smallest absolute Gasteiger partial charge is 0.326 e. The number of nitrogens with two attached hydrogens (primary N) is 1. The van der Waals surface area contributed by atoms with Crippen molar-refractivity contribution in [1.29, 1.82) is 0 Å². The average molecular weight is 454 g/mol. The lowest BCUT2D eigenvalue weighted by molar-refractivity contribution is -0.142. The van der Waals surface area contributed by atoms with Crippen LogP contribution in [-0.4, -0.2) is 77.0 Å². The predicted molar refractivity (Wildman–Crippen MR) is 124 cm³/mol. The molecule has 166 valence electrons. The first-order valence-corrected chi connectivity index (χ1v) is 12.0. The maximum atomic E-state index is 12.9. The van der Waals surface area contributed by atoms with Crippen LogP contribution in [0.15, 0.2) is 42.5 Å². The van der Waals surface area contributed by atoms with Gasteiger partial charge in [-0.15, -0.1) is 0 Å². The number of thioether (sulfide) groups is 1. The number of thiol groups is 1. The van der Waals surface area contributed by atoms with Gasteiger partial charge in [0.15, 0.2) is 0 Å². The summed E-state index contributed by atoms with van der Waals surface area (Å²) in [7, 11) is 0. The second-order valence-corrected chi connectivity index (χ2v) is 8.56. The van der Waals surface area contributed by atoms with E-state index in [1.807, 2.05) is 53.6 Å². The fraction of sp³-hybridized carbons (Fsp3) is 0.524. The van der Waals surface area contributed by atoms with E-state index in [0.717, 1.165) is 5.75 Å². The van der Waals surface area contributed by atoms with E-state index < -0.39 is 18.1 Å². The maximum absolute atomic E-state index is 12.9. The van der Waals surface area contributed by atoms with Gasteiger partial charge in [0.2, 0.25) is 5.91 Å². The highest BCUT2D eigenvalue weighted by atomic mass is 32.2. The Morgan fingerprint density at radius 2 is 2.17 bits per heavy atom. The molecule has 1 aliphatic heterocycles. The number of carboxylic acid groups (broad SMARTS) is 1. The Balaban J connectivity index is 2.07. The molecule has 4 atom stereocenters. The number of para-hydroxylation sites is 1. The Kier molecular flexibility index (Phi) is 10.6. The van der Waals surface area contributed by atoms with E-state index in [-0.39, 0.29) is 18.1 Å². The summed E-state index contributed by atoms with van der Waals surface area (Å²) in [5.74, 6) is 0.652. The topological polar surface area (TPSA) is 105 Å². The summed E-state index contributed by atoms with van der Waals surface area (Å²) in [6.45, 7) is 1.09. The van der Waals surface area contributed by atoms with Gasteiger partial charge >= 0.3 is 5.97 Å². The minimum atomic E-state index is -1.02. The number of carbonyl (C=O) groups excluding carboxylic acids is 1. The first-order valence-electron chi connectivity index (χ1n) is 9.95. The molecule has 30 heavy (non-hydrogen) atoms. The largest absolute Gasteiger partial charge is 0.489 e. The minimum Gasteiger partial charge on any atom is -0.489 e. The molecule has 9 heteroatoms. The highest BCUT2D eigenvalue weighted by Crippen LogP contribution is 2.23. The monoisotopic (exact) mass is 453 g/mol. The van der Waals surface area contributed by atoms with Gasteiger partial charge in [-0.25, -0.2) is 4.79 Å². The Morgan fingerprint density at radius 3 is 2.80 bits per heavy atom. The van der Waals surface area contributed by atoms with Crippen molar-refractivity contribution in [2.45, 2.75) is 37.1 Å². The fourth-order valence-corrected chi connectivity index (χ4v) is 3.90. The summed E-state index contributed by atoms with van der Waals surface area (Å²) < 4.78 is 6.05. The maximum Gasteiger partial charge on any atom is 0.326 e. The van der Waals surface area contributed by atoms with Crippen molar-refractivity contribution in [3.8, 4) is 5.75 Å². The number of ether oxygens (including phenoxy) is 1. The minimum absolute atomic E-state index is 0.150.